The lowest BCUT2D eigenvalue weighted by Gasteiger charge is -2.23. The largest absolute Gasteiger partial charge is 0.456 e. The van der Waals surface area contributed by atoms with Gasteiger partial charge in [0.25, 0.3) is 0 Å². The third-order valence-electron chi connectivity index (χ3n) is 5.76. The maximum absolute atomic E-state index is 5.90. The molecule has 0 unspecified atom stereocenters. The third kappa shape index (κ3) is 2.47. The normalized spacial score (nSPS) is 17.2. The molecule has 0 fully saturated rings. The Morgan fingerprint density at radius 3 is 2.50 bits per heavy atom. The summed E-state index contributed by atoms with van der Waals surface area (Å²) in [6, 6.07) is 22.8. The zero-order valence-electron chi connectivity index (χ0n) is 16.3. The Hall–Kier alpha value is -3.33. The fourth-order valence-corrected chi connectivity index (χ4v) is 4.29. The summed E-state index contributed by atoms with van der Waals surface area (Å²) in [6.45, 7) is 4.53. The smallest absolute Gasteiger partial charge is 0.135 e. The van der Waals surface area contributed by atoms with Crippen LogP contribution < -0.4 is 4.90 Å². The minimum Gasteiger partial charge on any atom is -0.456 e. The molecule has 0 saturated carbocycles. The molecule has 0 radical (unpaired) electrons. The van der Waals surface area contributed by atoms with Crippen LogP contribution in [0.2, 0.25) is 0 Å². The van der Waals surface area contributed by atoms with Crippen LogP contribution in [-0.4, -0.2) is 13.3 Å². The van der Waals surface area contributed by atoms with E-state index >= 15 is 0 Å². The molecule has 5 rings (SSSR count). The summed E-state index contributed by atoms with van der Waals surface area (Å²) < 4.78 is 5.90. The van der Waals surface area contributed by atoms with Gasteiger partial charge < -0.3 is 9.32 Å². The van der Waals surface area contributed by atoms with Crippen LogP contribution in [0.4, 0.5) is 11.4 Å². The van der Waals surface area contributed by atoms with Gasteiger partial charge in [-0.15, -0.1) is 0 Å². The molecule has 0 bridgehead atoms. The molecule has 1 aliphatic heterocycles. The van der Waals surface area contributed by atoms with Crippen LogP contribution in [0, 0.1) is 0 Å². The number of furan rings is 1. The Labute approximate surface area is 164 Å². The number of nitrogens with zero attached hydrogens (tertiary/aromatic N) is 2. The topological polar surface area (TPSA) is 28.7 Å². The number of aliphatic imine (C=N–C) groups is 1. The van der Waals surface area contributed by atoms with Crippen LogP contribution >= 0.6 is 0 Å². The van der Waals surface area contributed by atoms with Crippen molar-refractivity contribution in [2.24, 2.45) is 4.99 Å². The fourth-order valence-electron chi connectivity index (χ4n) is 4.29. The van der Waals surface area contributed by atoms with Gasteiger partial charge in [0.05, 0.1) is 5.69 Å². The Kier molecular flexibility index (Phi) is 3.66. The molecule has 0 saturated heterocycles. The molecule has 0 aliphatic carbocycles. The van der Waals surface area contributed by atoms with E-state index in [0.717, 1.165) is 27.6 Å². The van der Waals surface area contributed by atoms with Gasteiger partial charge in [-0.25, -0.2) is 0 Å². The van der Waals surface area contributed by atoms with Gasteiger partial charge in [0, 0.05) is 40.8 Å². The first-order chi connectivity index (χ1) is 13.6. The van der Waals surface area contributed by atoms with E-state index in [2.05, 4.69) is 68.3 Å². The lowest BCUT2D eigenvalue weighted by molar-refractivity contribution is 0.641. The maximum atomic E-state index is 5.90. The second-order valence-electron chi connectivity index (χ2n) is 7.81. The number of hydrogen-bond acceptors (Lipinski definition) is 3. The van der Waals surface area contributed by atoms with E-state index in [4.69, 9.17) is 9.41 Å². The number of likely N-dealkylation sites (N-methyl/N-ethyl adjacent to an activating group) is 1. The monoisotopic (exact) mass is 366 g/mol. The number of para-hydroxylation sites is 2. The van der Waals surface area contributed by atoms with Crippen LogP contribution in [0.3, 0.4) is 0 Å². The quantitative estimate of drug-likeness (QED) is 0.374. The molecular formula is C25H22N2O. The van der Waals surface area contributed by atoms with Gasteiger partial charge in [-0.3, -0.25) is 4.99 Å². The second kappa shape index (κ2) is 6.10. The number of anilines is 1. The number of rotatable bonds is 2. The summed E-state index contributed by atoms with van der Waals surface area (Å²) in [5, 5.41) is 2.23. The Morgan fingerprint density at radius 2 is 1.64 bits per heavy atom. The van der Waals surface area contributed by atoms with Gasteiger partial charge in [0.1, 0.15) is 11.2 Å². The summed E-state index contributed by atoms with van der Waals surface area (Å²) in [7, 11) is 2.12. The molecule has 1 aromatic heterocycles. The second-order valence-corrected chi connectivity index (χ2v) is 7.81. The minimum absolute atomic E-state index is 0.0396. The fraction of sp³-hybridized carbons (Fsp3) is 0.160. The standard InChI is InChI=1S/C25H22N2O/c1-25(2)20-9-5-6-10-21(20)27(3)24(25)14-15-26-17-12-13-23-19(16-17)18-8-4-7-11-22(18)28-23/h4-16H,1-3H3. The summed E-state index contributed by atoms with van der Waals surface area (Å²) in [5.41, 5.74) is 6.54. The van der Waals surface area contributed by atoms with E-state index in [9.17, 15) is 0 Å². The first-order valence-electron chi connectivity index (χ1n) is 9.55. The molecule has 3 nitrogen and oxygen atoms in total. The number of benzene rings is 3. The van der Waals surface area contributed by atoms with Crippen molar-refractivity contribution in [1.82, 2.24) is 0 Å². The Morgan fingerprint density at radius 1 is 0.893 bits per heavy atom. The summed E-state index contributed by atoms with van der Waals surface area (Å²) in [4.78, 5) is 6.96. The molecule has 3 aromatic carbocycles. The van der Waals surface area contributed by atoms with E-state index in [1.807, 2.05) is 36.5 Å². The van der Waals surface area contributed by atoms with Gasteiger partial charge in [0.15, 0.2) is 0 Å². The molecule has 28 heavy (non-hydrogen) atoms. The van der Waals surface area contributed by atoms with Crippen molar-refractivity contribution in [1.29, 1.82) is 0 Å². The van der Waals surface area contributed by atoms with Gasteiger partial charge >= 0.3 is 0 Å². The SMILES string of the molecule is CN1C(=CC=Nc2ccc3oc4ccccc4c3c2)C(C)(C)c2ccccc21. The average Bonchev–Trinajstić information content (AvgIpc) is 3.16. The van der Waals surface area contributed by atoms with E-state index in [1.54, 1.807) is 0 Å². The summed E-state index contributed by atoms with van der Waals surface area (Å²) >= 11 is 0. The zero-order valence-corrected chi connectivity index (χ0v) is 16.3. The maximum Gasteiger partial charge on any atom is 0.135 e. The summed E-state index contributed by atoms with van der Waals surface area (Å²) in [5.74, 6) is 0. The highest BCUT2D eigenvalue weighted by atomic mass is 16.3. The molecule has 2 heterocycles. The van der Waals surface area contributed by atoms with Gasteiger partial charge in [0.2, 0.25) is 0 Å². The van der Waals surface area contributed by atoms with E-state index in [0.29, 0.717) is 0 Å². The Bertz CT molecular complexity index is 1260. The van der Waals surface area contributed by atoms with E-state index in [1.165, 1.54) is 16.9 Å². The highest BCUT2D eigenvalue weighted by molar-refractivity contribution is 6.05. The van der Waals surface area contributed by atoms with E-state index in [-0.39, 0.29) is 5.41 Å². The predicted molar refractivity (Wildman–Crippen MR) is 118 cm³/mol. The molecular weight excluding hydrogens is 344 g/mol. The number of hydrogen-bond donors (Lipinski definition) is 0. The van der Waals surface area contributed by atoms with E-state index < -0.39 is 0 Å². The zero-order chi connectivity index (χ0) is 19.3. The van der Waals surface area contributed by atoms with Crippen molar-refractivity contribution in [3.05, 3.63) is 84.1 Å². The highest BCUT2D eigenvalue weighted by Crippen LogP contribution is 2.46. The van der Waals surface area contributed by atoms with Crippen LogP contribution in [0.1, 0.15) is 19.4 Å². The average molecular weight is 366 g/mol. The lowest BCUT2D eigenvalue weighted by Crippen LogP contribution is -2.22. The highest BCUT2D eigenvalue weighted by Gasteiger charge is 2.37. The first-order valence-corrected chi connectivity index (χ1v) is 9.55. The molecule has 1 aliphatic rings. The van der Waals surface area contributed by atoms with Crippen LogP contribution in [0.5, 0.6) is 0 Å². The van der Waals surface area contributed by atoms with Crippen LogP contribution in [0.25, 0.3) is 21.9 Å². The third-order valence-corrected chi connectivity index (χ3v) is 5.76. The Balaban J connectivity index is 1.51. The minimum atomic E-state index is -0.0396. The van der Waals surface area contributed by atoms with Crippen molar-refractivity contribution in [3.8, 4) is 0 Å². The summed E-state index contributed by atoms with van der Waals surface area (Å²) in [6.07, 6.45) is 4.03. The van der Waals surface area contributed by atoms with Crippen molar-refractivity contribution < 1.29 is 4.42 Å². The van der Waals surface area contributed by atoms with Crippen molar-refractivity contribution in [2.45, 2.75) is 19.3 Å². The van der Waals surface area contributed by atoms with Crippen molar-refractivity contribution >= 4 is 39.5 Å². The molecule has 138 valence electrons. The lowest BCUT2D eigenvalue weighted by atomic mass is 9.84. The van der Waals surface area contributed by atoms with Crippen LogP contribution in [-0.2, 0) is 5.41 Å². The molecule has 0 amide bonds. The van der Waals surface area contributed by atoms with Crippen molar-refractivity contribution in [2.75, 3.05) is 11.9 Å². The van der Waals surface area contributed by atoms with Crippen molar-refractivity contribution in [3.63, 3.8) is 0 Å². The molecule has 0 atom stereocenters. The predicted octanol–water partition coefficient (Wildman–Crippen LogP) is 6.60. The van der Waals surface area contributed by atoms with Gasteiger partial charge in [-0.05, 0) is 42.0 Å². The molecule has 0 N–H and O–H groups in total. The van der Waals surface area contributed by atoms with Crippen LogP contribution in [0.15, 0.2) is 87.9 Å². The molecule has 0 spiro atoms. The molecule has 3 heteroatoms. The van der Waals surface area contributed by atoms with Gasteiger partial charge in [-0.1, -0.05) is 50.2 Å². The van der Waals surface area contributed by atoms with Gasteiger partial charge in [-0.2, -0.15) is 0 Å². The number of allylic oxidation sites excluding steroid dienone is 2. The molecule has 4 aromatic rings. The number of fused-ring (bicyclic) bond motifs is 4. The first kappa shape index (κ1) is 16.8.